The molecular formula is C20H20N2O2. The van der Waals surface area contributed by atoms with Crippen molar-refractivity contribution in [1.82, 2.24) is 4.90 Å². The lowest BCUT2D eigenvalue weighted by Gasteiger charge is -2.50. The molecule has 1 heterocycles. The minimum Gasteiger partial charge on any atom is -0.456 e. The summed E-state index contributed by atoms with van der Waals surface area (Å²) < 4.78 is 5.46. The molecule has 0 bridgehead atoms. The smallest absolute Gasteiger partial charge is 0.320 e. The van der Waals surface area contributed by atoms with Gasteiger partial charge in [0.15, 0.2) is 0 Å². The zero-order chi connectivity index (χ0) is 17.0. The molecule has 0 atom stereocenters. The summed E-state index contributed by atoms with van der Waals surface area (Å²) in [6.07, 6.45) is -0.198. The van der Waals surface area contributed by atoms with Crippen molar-refractivity contribution in [2.24, 2.45) is 0 Å². The average Bonchev–Trinajstić information content (AvgIpc) is 2.56. The number of nitrogens with zero attached hydrogens (tertiary/aromatic N) is 2. The normalized spacial score (nSPS) is 16.2. The molecule has 0 spiro atoms. The van der Waals surface area contributed by atoms with E-state index in [1.807, 2.05) is 49.4 Å². The van der Waals surface area contributed by atoms with Gasteiger partial charge in [-0.15, -0.1) is 0 Å². The van der Waals surface area contributed by atoms with Crippen LogP contribution in [0.4, 0.5) is 0 Å². The summed E-state index contributed by atoms with van der Waals surface area (Å²) >= 11 is 0. The topological polar surface area (TPSA) is 53.3 Å². The van der Waals surface area contributed by atoms with Crippen LogP contribution in [0.1, 0.15) is 30.5 Å². The van der Waals surface area contributed by atoms with Gasteiger partial charge in [0.2, 0.25) is 0 Å². The molecule has 1 fully saturated rings. The molecule has 4 heteroatoms. The van der Waals surface area contributed by atoms with Gasteiger partial charge in [-0.25, -0.2) is 0 Å². The fourth-order valence-corrected chi connectivity index (χ4v) is 3.32. The van der Waals surface area contributed by atoms with Gasteiger partial charge in [0, 0.05) is 13.1 Å². The fraction of sp³-hybridized carbons (Fsp3) is 0.300. The summed E-state index contributed by atoms with van der Waals surface area (Å²) in [5, 5.41) is 8.60. The number of benzene rings is 2. The van der Waals surface area contributed by atoms with E-state index in [4.69, 9.17) is 10.00 Å². The lowest BCUT2D eigenvalue weighted by atomic mass is 9.88. The van der Waals surface area contributed by atoms with E-state index in [0.717, 1.165) is 0 Å². The monoisotopic (exact) mass is 320 g/mol. The number of hydrogen-bond acceptors (Lipinski definition) is 4. The minimum absolute atomic E-state index is 0.134. The van der Waals surface area contributed by atoms with Gasteiger partial charge >= 0.3 is 5.97 Å². The Kier molecular flexibility index (Phi) is 4.64. The highest BCUT2D eigenvalue weighted by molar-refractivity contribution is 5.72. The first-order chi connectivity index (χ1) is 11.6. The van der Waals surface area contributed by atoms with E-state index in [1.54, 1.807) is 0 Å². The van der Waals surface area contributed by atoms with Crippen molar-refractivity contribution in [1.29, 1.82) is 5.26 Å². The van der Waals surface area contributed by atoms with E-state index in [9.17, 15) is 4.79 Å². The number of esters is 1. The largest absolute Gasteiger partial charge is 0.456 e. The van der Waals surface area contributed by atoms with E-state index in [2.05, 4.69) is 29.2 Å². The molecule has 0 aliphatic carbocycles. The molecule has 1 aliphatic rings. The van der Waals surface area contributed by atoms with Crippen LogP contribution in [0.3, 0.4) is 0 Å². The maximum Gasteiger partial charge on any atom is 0.320 e. The molecule has 2 aromatic rings. The second-order valence-corrected chi connectivity index (χ2v) is 6.39. The molecule has 1 aliphatic heterocycles. The van der Waals surface area contributed by atoms with Crippen molar-refractivity contribution < 1.29 is 9.53 Å². The van der Waals surface area contributed by atoms with Crippen LogP contribution in [-0.4, -0.2) is 29.6 Å². The van der Waals surface area contributed by atoms with E-state index in [0.29, 0.717) is 13.1 Å². The zero-order valence-corrected chi connectivity index (χ0v) is 13.7. The summed E-state index contributed by atoms with van der Waals surface area (Å²) in [7, 11) is 0. The third-order valence-corrected chi connectivity index (χ3v) is 4.25. The summed E-state index contributed by atoms with van der Waals surface area (Å²) in [4.78, 5) is 13.9. The van der Waals surface area contributed by atoms with E-state index in [-0.39, 0.29) is 12.5 Å². The van der Waals surface area contributed by atoms with Crippen LogP contribution < -0.4 is 0 Å². The van der Waals surface area contributed by atoms with Crippen molar-refractivity contribution >= 4 is 5.97 Å². The molecule has 1 saturated heterocycles. The molecular weight excluding hydrogens is 300 g/mol. The zero-order valence-electron chi connectivity index (χ0n) is 13.7. The summed E-state index contributed by atoms with van der Waals surface area (Å²) in [6.45, 7) is 3.23. The Morgan fingerprint density at radius 3 is 2.08 bits per heavy atom. The van der Waals surface area contributed by atoms with Crippen LogP contribution in [0.25, 0.3) is 0 Å². The summed E-state index contributed by atoms with van der Waals surface area (Å²) in [6, 6.07) is 22.6. The second-order valence-electron chi connectivity index (χ2n) is 6.39. The first-order valence-electron chi connectivity index (χ1n) is 8.04. The van der Waals surface area contributed by atoms with E-state index < -0.39 is 11.6 Å². The molecule has 0 radical (unpaired) electrons. The summed E-state index contributed by atoms with van der Waals surface area (Å²) in [5.74, 6) is -0.448. The minimum atomic E-state index is -0.518. The van der Waals surface area contributed by atoms with Crippen LogP contribution in [0, 0.1) is 11.3 Å². The van der Waals surface area contributed by atoms with Gasteiger partial charge in [0.1, 0.15) is 12.0 Å². The number of ether oxygens (including phenoxy) is 1. The van der Waals surface area contributed by atoms with Gasteiger partial charge in [-0.1, -0.05) is 60.7 Å². The molecule has 0 saturated carbocycles. The fourth-order valence-electron chi connectivity index (χ4n) is 3.32. The Bertz CT molecular complexity index is 692. The molecule has 2 aromatic carbocycles. The molecule has 0 unspecified atom stereocenters. The molecule has 4 nitrogen and oxygen atoms in total. The molecule has 24 heavy (non-hydrogen) atoms. The van der Waals surface area contributed by atoms with Crippen molar-refractivity contribution in [2.75, 3.05) is 13.1 Å². The van der Waals surface area contributed by atoms with Gasteiger partial charge in [-0.2, -0.15) is 5.26 Å². The Hall–Kier alpha value is -2.64. The van der Waals surface area contributed by atoms with Crippen LogP contribution in [0.2, 0.25) is 0 Å². The Balaban J connectivity index is 1.78. The maximum absolute atomic E-state index is 11.6. The quantitative estimate of drug-likeness (QED) is 0.793. The van der Waals surface area contributed by atoms with Crippen LogP contribution in [-0.2, 0) is 9.53 Å². The number of carbonyl (C=O) groups excluding carboxylic acids is 1. The van der Waals surface area contributed by atoms with E-state index in [1.165, 1.54) is 11.1 Å². The predicted octanol–water partition coefficient (Wildman–Crippen LogP) is 3.31. The molecule has 3 rings (SSSR count). The van der Waals surface area contributed by atoms with Gasteiger partial charge < -0.3 is 4.74 Å². The number of likely N-dealkylation sites (tertiary alicyclic amines) is 1. The van der Waals surface area contributed by atoms with Gasteiger partial charge in [0.25, 0.3) is 0 Å². The van der Waals surface area contributed by atoms with E-state index >= 15 is 0 Å². The highest BCUT2D eigenvalue weighted by Crippen LogP contribution is 2.37. The summed E-state index contributed by atoms with van der Waals surface area (Å²) in [5.41, 5.74) is 1.92. The Morgan fingerprint density at radius 1 is 1.12 bits per heavy atom. The first kappa shape index (κ1) is 16.2. The maximum atomic E-state index is 11.6. The third-order valence-electron chi connectivity index (χ3n) is 4.25. The number of hydrogen-bond donors (Lipinski definition) is 0. The molecule has 0 amide bonds. The standard InChI is InChI=1S/C20H20N2O2/c1-20(24-18(23)12-13-21)14-22(15-20)19(16-8-4-2-5-9-16)17-10-6-3-7-11-17/h2-11,19H,12,14-15H2,1H3. The van der Waals surface area contributed by atoms with Gasteiger partial charge in [-0.3, -0.25) is 9.69 Å². The van der Waals surface area contributed by atoms with Gasteiger partial charge in [0.05, 0.1) is 12.1 Å². The Labute approximate surface area is 142 Å². The molecule has 0 aromatic heterocycles. The number of carbonyl (C=O) groups is 1. The van der Waals surface area contributed by atoms with Crippen molar-refractivity contribution in [3.05, 3.63) is 71.8 Å². The highest BCUT2D eigenvalue weighted by Gasteiger charge is 2.45. The van der Waals surface area contributed by atoms with Crippen LogP contribution >= 0.6 is 0 Å². The Morgan fingerprint density at radius 2 is 1.62 bits per heavy atom. The average molecular weight is 320 g/mol. The lowest BCUT2D eigenvalue weighted by molar-refractivity contribution is -0.177. The van der Waals surface area contributed by atoms with Crippen molar-refractivity contribution in [3.63, 3.8) is 0 Å². The third kappa shape index (κ3) is 3.47. The number of rotatable bonds is 5. The van der Waals surface area contributed by atoms with Crippen LogP contribution in [0.15, 0.2) is 60.7 Å². The van der Waals surface area contributed by atoms with Crippen LogP contribution in [0.5, 0.6) is 0 Å². The van der Waals surface area contributed by atoms with Crippen molar-refractivity contribution in [3.8, 4) is 6.07 Å². The SMILES string of the molecule is CC1(OC(=O)CC#N)CN(C(c2ccccc2)c2ccccc2)C1. The highest BCUT2D eigenvalue weighted by atomic mass is 16.6. The first-order valence-corrected chi connectivity index (χ1v) is 8.04. The predicted molar refractivity (Wildman–Crippen MR) is 91.0 cm³/mol. The lowest BCUT2D eigenvalue weighted by Crippen LogP contribution is -2.62. The van der Waals surface area contributed by atoms with Gasteiger partial charge in [-0.05, 0) is 18.1 Å². The second kappa shape index (κ2) is 6.86. The molecule has 0 N–H and O–H groups in total. The van der Waals surface area contributed by atoms with Crippen molar-refractivity contribution in [2.45, 2.75) is 25.0 Å². The molecule has 122 valence electrons. The number of nitriles is 1.